The van der Waals surface area contributed by atoms with Gasteiger partial charge in [0, 0.05) is 0 Å². The molecule has 2 heteroatoms. The molecule has 0 aliphatic rings. The van der Waals surface area contributed by atoms with Gasteiger partial charge in [-0.25, -0.2) is 0 Å². The van der Waals surface area contributed by atoms with Crippen LogP contribution in [0.15, 0.2) is 12.1 Å². The van der Waals surface area contributed by atoms with E-state index in [0.29, 0.717) is 0 Å². The Kier molecular flexibility index (Phi) is 28.7. The van der Waals surface area contributed by atoms with Crippen molar-refractivity contribution >= 4 is 32.7 Å². The number of halogens is 1. The van der Waals surface area contributed by atoms with Crippen LogP contribution in [-0.2, 0) is 0 Å². The first kappa shape index (κ1) is 23.1. The molecule has 0 rings (SSSR count). The van der Waals surface area contributed by atoms with Crippen molar-refractivity contribution in [2.45, 2.75) is 99.8 Å². The predicted molar refractivity (Wildman–Crippen MR) is 98.2 cm³/mol. The molecule has 0 saturated carbocycles. The number of unbranched alkanes of at least 4 members (excludes halogenated alkanes) is 10. The van der Waals surface area contributed by atoms with E-state index in [1.807, 2.05) is 0 Å². The van der Waals surface area contributed by atoms with Crippen molar-refractivity contribution in [3.63, 3.8) is 0 Å². The van der Waals surface area contributed by atoms with Crippen LogP contribution in [0.25, 0.3) is 0 Å². The molecule has 0 bridgehead atoms. The van der Waals surface area contributed by atoms with E-state index in [9.17, 15) is 0 Å². The van der Waals surface area contributed by atoms with Crippen LogP contribution in [0.5, 0.6) is 0 Å². The van der Waals surface area contributed by atoms with Gasteiger partial charge in [-0.15, -0.1) is 0 Å². The molecule has 0 heterocycles. The Hall–Kier alpha value is 0.829. The fraction of sp³-hybridized carbons (Fsp3) is 0.889. The molecule has 120 valence electrons. The Morgan fingerprint density at radius 2 is 1.00 bits per heavy atom. The van der Waals surface area contributed by atoms with Gasteiger partial charge in [-0.3, -0.25) is 0 Å². The number of hydrogen-bond donors (Lipinski definition) is 0. The van der Waals surface area contributed by atoms with Crippen LogP contribution >= 0.6 is 11.6 Å². The molecule has 0 unspecified atom stereocenters. The summed E-state index contributed by atoms with van der Waals surface area (Å²) in [4.78, 5) is 0. The van der Waals surface area contributed by atoms with Crippen molar-refractivity contribution < 1.29 is 0 Å². The topological polar surface area (TPSA) is 0 Å². The van der Waals surface area contributed by atoms with E-state index in [1.54, 1.807) is 21.7 Å². The summed E-state index contributed by atoms with van der Waals surface area (Å²) in [5.74, 6) is 0. The third-order valence-electron chi connectivity index (χ3n) is 3.41. The van der Waals surface area contributed by atoms with Crippen molar-refractivity contribution in [2.24, 2.45) is 0 Å². The third kappa shape index (κ3) is 27.2. The molecule has 0 aromatic rings. The zero-order valence-electron chi connectivity index (χ0n) is 14.1. The third-order valence-corrected chi connectivity index (χ3v) is 7.45. The standard InChI is InChI=1S/2C8H17.C2H3Cl.Sn/c2*1-3-5-7-8-6-4-2;1-2-3;/h2*1,3-8H2,2H3;2H,1H2;. The molecule has 0 nitrogen and oxygen atoms in total. The summed E-state index contributed by atoms with van der Waals surface area (Å²) < 4.78 is 3.31. The molecule has 0 aromatic carbocycles. The summed E-state index contributed by atoms with van der Waals surface area (Å²) in [6.45, 7) is 7.73. The molecular formula is C18H37ClSn. The molecule has 0 spiro atoms. The van der Waals surface area contributed by atoms with Gasteiger partial charge in [-0.1, -0.05) is 18.2 Å². The van der Waals surface area contributed by atoms with Crippen molar-refractivity contribution in [1.82, 2.24) is 0 Å². The Morgan fingerprint density at radius 1 is 0.700 bits per heavy atom. The molecule has 0 aliphatic carbocycles. The average molecular weight is 408 g/mol. The molecule has 0 atom stereocenters. The molecule has 0 saturated heterocycles. The van der Waals surface area contributed by atoms with E-state index in [0.717, 1.165) is 0 Å². The quantitative estimate of drug-likeness (QED) is 0.205. The summed E-state index contributed by atoms with van der Waals surface area (Å²) in [6, 6.07) is 0. The fourth-order valence-corrected chi connectivity index (χ4v) is 5.75. The van der Waals surface area contributed by atoms with Crippen LogP contribution in [0.1, 0.15) is 90.9 Å². The SMILES string of the molecule is C=CCl.CCCCCCC[CH2][Sn][CH2]CCCCCCC. The van der Waals surface area contributed by atoms with Gasteiger partial charge in [0.15, 0.2) is 0 Å². The molecule has 2 radical (unpaired) electrons. The van der Waals surface area contributed by atoms with Crippen molar-refractivity contribution in [3.05, 3.63) is 12.1 Å². The van der Waals surface area contributed by atoms with Gasteiger partial charge in [-0.2, -0.15) is 0 Å². The van der Waals surface area contributed by atoms with Gasteiger partial charge in [0.25, 0.3) is 0 Å². The Morgan fingerprint density at radius 3 is 1.35 bits per heavy atom. The van der Waals surface area contributed by atoms with E-state index in [-0.39, 0.29) is 21.1 Å². The first-order valence-corrected chi connectivity index (χ1v) is 13.2. The fourth-order valence-electron chi connectivity index (χ4n) is 2.19. The van der Waals surface area contributed by atoms with Gasteiger partial charge in [0.2, 0.25) is 0 Å². The summed E-state index contributed by atoms with van der Waals surface area (Å²) in [5.41, 5.74) is 1.22. The molecule has 0 amide bonds. The summed E-state index contributed by atoms with van der Waals surface area (Å²) >= 11 is 4.84. The molecule has 0 N–H and O–H groups in total. The maximum atomic E-state index is 4.76. The van der Waals surface area contributed by atoms with Gasteiger partial charge in [0.05, 0.1) is 0 Å². The Bertz CT molecular complexity index is 145. The van der Waals surface area contributed by atoms with E-state index >= 15 is 0 Å². The van der Waals surface area contributed by atoms with Crippen LogP contribution in [0.4, 0.5) is 0 Å². The van der Waals surface area contributed by atoms with Crippen LogP contribution in [0, 0.1) is 0 Å². The van der Waals surface area contributed by atoms with Crippen LogP contribution in [0.3, 0.4) is 0 Å². The molecule has 0 aliphatic heterocycles. The Balaban J connectivity index is 0. The van der Waals surface area contributed by atoms with Gasteiger partial charge < -0.3 is 0 Å². The second-order valence-electron chi connectivity index (χ2n) is 5.44. The Labute approximate surface area is 144 Å². The van der Waals surface area contributed by atoms with Gasteiger partial charge in [-0.05, 0) is 5.54 Å². The van der Waals surface area contributed by atoms with E-state index in [1.165, 1.54) is 69.7 Å². The average Bonchev–Trinajstić information content (AvgIpc) is 2.45. The first-order chi connectivity index (χ1) is 9.83. The predicted octanol–water partition coefficient (Wildman–Crippen LogP) is 7.62. The normalized spacial score (nSPS) is 9.95. The molecule has 0 fully saturated rings. The number of hydrogen-bond acceptors (Lipinski definition) is 0. The van der Waals surface area contributed by atoms with Crippen LogP contribution in [0.2, 0.25) is 8.87 Å². The maximum absolute atomic E-state index is 4.76. The molecular weight excluding hydrogens is 370 g/mol. The van der Waals surface area contributed by atoms with Gasteiger partial charge in [0.1, 0.15) is 0 Å². The van der Waals surface area contributed by atoms with Crippen molar-refractivity contribution in [1.29, 1.82) is 0 Å². The second kappa shape index (κ2) is 24.8. The second-order valence-corrected chi connectivity index (χ2v) is 10.0. The summed E-state index contributed by atoms with van der Waals surface area (Å²) in [5, 5.41) is 0. The summed E-state index contributed by atoms with van der Waals surface area (Å²) in [7, 11) is 0. The van der Waals surface area contributed by atoms with E-state index in [2.05, 4.69) is 20.4 Å². The first-order valence-electron chi connectivity index (χ1n) is 8.75. The van der Waals surface area contributed by atoms with Crippen molar-refractivity contribution in [2.75, 3.05) is 0 Å². The van der Waals surface area contributed by atoms with Crippen LogP contribution < -0.4 is 0 Å². The van der Waals surface area contributed by atoms with Crippen molar-refractivity contribution in [3.8, 4) is 0 Å². The molecule has 20 heavy (non-hydrogen) atoms. The monoisotopic (exact) mass is 408 g/mol. The zero-order chi connectivity index (χ0) is 15.3. The van der Waals surface area contributed by atoms with Crippen LogP contribution in [-0.4, -0.2) is 21.1 Å². The summed E-state index contributed by atoms with van der Waals surface area (Å²) in [6.07, 6.45) is 17.8. The molecule has 0 aromatic heterocycles. The van der Waals surface area contributed by atoms with E-state index < -0.39 is 0 Å². The zero-order valence-corrected chi connectivity index (χ0v) is 17.7. The number of rotatable bonds is 14. The minimum atomic E-state index is 0.0736. The van der Waals surface area contributed by atoms with E-state index in [4.69, 9.17) is 11.6 Å². The minimum absolute atomic E-state index is 0.0736. The van der Waals surface area contributed by atoms with Gasteiger partial charge >= 0.3 is 121 Å².